The summed E-state index contributed by atoms with van der Waals surface area (Å²) in [6.07, 6.45) is 4.47. The number of pyridine rings is 1. The highest BCUT2D eigenvalue weighted by atomic mass is 16.2. The van der Waals surface area contributed by atoms with E-state index in [0.29, 0.717) is 5.92 Å². The Hall–Kier alpha value is -1.68. The van der Waals surface area contributed by atoms with Crippen molar-refractivity contribution in [3.8, 4) is 0 Å². The Morgan fingerprint density at radius 2 is 2.27 bits per heavy atom. The molecular formula is C18H27N3O. The molecule has 120 valence electrons. The lowest BCUT2D eigenvalue weighted by Crippen LogP contribution is -2.56. The summed E-state index contributed by atoms with van der Waals surface area (Å²) in [6, 6.07) is 4.46. The number of amides is 1. The Morgan fingerprint density at radius 3 is 2.86 bits per heavy atom. The van der Waals surface area contributed by atoms with E-state index >= 15 is 0 Å². The van der Waals surface area contributed by atoms with E-state index in [1.165, 1.54) is 11.6 Å². The van der Waals surface area contributed by atoms with Gasteiger partial charge in [0.15, 0.2) is 0 Å². The molecule has 1 saturated heterocycles. The van der Waals surface area contributed by atoms with Gasteiger partial charge < -0.3 is 4.90 Å². The quantitative estimate of drug-likeness (QED) is 0.785. The minimum absolute atomic E-state index is 0.0574. The zero-order valence-electron chi connectivity index (χ0n) is 14.0. The summed E-state index contributed by atoms with van der Waals surface area (Å²) in [7, 11) is 0. The maximum absolute atomic E-state index is 12.1. The standard InChI is InChI=1S/C18H27N3O/c1-5-14(3)17-13-20(9-10-21(17)18(22)6-2)12-16-8-7-15(4)19-11-16/h6-8,11,14,17H,2,5,9-10,12-13H2,1,3-4H3/t14-,17+/m0/s1. The molecule has 0 aromatic carbocycles. The van der Waals surface area contributed by atoms with Gasteiger partial charge in [0.1, 0.15) is 0 Å². The normalized spacial score (nSPS) is 20.7. The van der Waals surface area contributed by atoms with E-state index in [0.717, 1.165) is 38.3 Å². The summed E-state index contributed by atoms with van der Waals surface area (Å²) in [6.45, 7) is 13.5. The molecule has 0 unspecified atom stereocenters. The molecule has 2 atom stereocenters. The van der Waals surface area contributed by atoms with E-state index in [4.69, 9.17) is 0 Å². The van der Waals surface area contributed by atoms with Crippen LogP contribution < -0.4 is 0 Å². The highest BCUT2D eigenvalue weighted by Gasteiger charge is 2.32. The SMILES string of the molecule is C=CC(=O)N1CCN(Cc2ccc(C)nc2)C[C@@H]1[C@@H](C)CC. The van der Waals surface area contributed by atoms with Gasteiger partial charge in [-0.2, -0.15) is 0 Å². The molecule has 0 N–H and O–H groups in total. The minimum atomic E-state index is 0.0574. The monoisotopic (exact) mass is 301 g/mol. The molecule has 4 nitrogen and oxygen atoms in total. The van der Waals surface area contributed by atoms with Gasteiger partial charge in [-0.1, -0.05) is 32.9 Å². The van der Waals surface area contributed by atoms with Crippen molar-refractivity contribution in [1.82, 2.24) is 14.8 Å². The smallest absolute Gasteiger partial charge is 0.246 e. The fraction of sp³-hybridized carbons (Fsp3) is 0.556. The van der Waals surface area contributed by atoms with Crippen molar-refractivity contribution in [2.24, 2.45) is 5.92 Å². The fourth-order valence-corrected chi connectivity index (χ4v) is 3.01. The molecule has 22 heavy (non-hydrogen) atoms. The van der Waals surface area contributed by atoms with Crippen LogP contribution in [0.15, 0.2) is 31.0 Å². The lowest BCUT2D eigenvalue weighted by atomic mass is 9.95. The van der Waals surface area contributed by atoms with Crippen LogP contribution in [0.5, 0.6) is 0 Å². The Bertz CT molecular complexity index is 512. The van der Waals surface area contributed by atoms with E-state index < -0.39 is 0 Å². The molecule has 1 amide bonds. The average Bonchev–Trinajstić information content (AvgIpc) is 2.55. The second-order valence-electron chi connectivity index (χ2n) is 6.23. The van der Waals surface area contributed by atoms with Gasteiger partial charge in [0.2, 0.25) is 5.91 Å². The molecule has 1 aliphatic heterocycles. The molecule has 0 saturated carbocycles. The van der Waals surface area contributed by atoms with Gasteiger partial charge in [0.05, 0.1) is 0 Å². The van der Waals surface area contributed by atoms with Crippen LogP contribution in [0.25, 0.3) is 0 Å². The van der Waals surface area contributed by atoms with Crippen LogP contribution in [0.2, 0.25) is 0 Å². The number of carbonyl (C=O) groups excluding carboxylic acids is 1. The Kier molecular flexibility index (Phi) is 5.72. The molecule has 1 aromatic heterocycles. The van der Waals surface area contributed by atoms with Crippen LogP contribution in [0.1, 0.15) is 31.5 Å². The number of aryl methyl sites for hydroxylation is 1. The van der Waals surface area contributed by atoms with Crippen LogP contribution in [0, 0.1) is 12.8 Å². The second-order valence-corrected chi connectivity index (χ2v) is 6.23. The summed E-state index contributed by atoms with van der Waals surface area (Å²) in [4.78, 5) is 20.9. The molecule has 1 fully saturated rings. The number of hydrogen-bond acceptors (Lipinski definition) is 3. The van der Waals surface area contributed by atoms with E-state index in [-0.39, 0.29) is 11.9 Å². The zero-order chi connectivity index (χ0) is 16.1. The van der Waals surface area contributed by atoms with Crippen molar-refractivity contribution in [1.29, 1.82) is 0 Å². The summed E-state index contributed by atoms with van der Waals surface area (Å²) < 4.78 is 0. The largest absolute Gasteiger partial charge is 0.333 e. The number of hydrogen-bond donors (Lipinski definition) is 0. The van der Waals surface area contributed by atoms with Gasteiger partial charge in [-0.15, -0.1) is 0 Å². The van der Waals surface area contributed by atoms with E-state index in [1.54, 1.807) is 0 Å². The van der Waals surface area contributed by atoms with Crippen molar-refractivity contribution in [3.63, 3.8) is 0 Å². The van der Waals surface area contributed by atoms with Crippen molar-refractivity contribution < 1.29 is 4.79 Å². The molecular weight excluding hydrogens is 274 g/mol. The Morgan fingerprint density at radius 1 is 1.50 bits per heavy atom. The molecule has 2 rings (SSSR count). The first-order valence-corrected chi connectivity index (χ1v) is 8.12. The van der Waals surface area contributed by atoms with Gasteiger partial charge in [0.25, 0.3) is 0 Å². The highest BCUT2D eigenvalue weighted by Crippen LogP contribution is 2.21. The summed E-state index contributed by atoms with van der Waals surface area (Å²) in [5, 5.41) is 0. The molecule has 4 heteroatoms. The van der Waals surface area contributed by atoms with Crippen molar-refractivity contribution in [2.45, 2.75) is 39.8 Å². The number of aromatic nitrogens is 1. The maximum atomic E-state index is 12.1. The minimum Gasteiger partial charge on any atom is -0.333 e. The fourth-order valence-electron chi connectivity index (χ4n) is 3.01. The highest BCUT2D eigenvalue weighted by molar-refractivity contribution is 5.87. The third-order valence-corrected chi connectivity index (χ3v) is 4.64. The van der Waals surface area contributed by atoms with Gasteiger partial charge in [-0.25, -0.2) is 0 Å². The van der Waals surface area contributed by atoms with Gasteiger partial charge in [-0.3, -0.25) is 14.7 Å². The lowest BCUT2D eigenvalue weighted by molar-refractivity contribution is -0.132. The average molecular weight is 301 g/mol. The van der Waals surface area contributed by atoms with E-state index in [1.807, 2.05) is 18.0 Å². The first kappa shape index (κ1) is 16.7. The van der Waals surface area contributed by atoms with Crippen molar-refractivity contribution in [3.05, 3.63) is 42.2 Å². The predicted octanol–water partition coefficient (Wildman–Crippen LogP) is 2.63. The molecule has 2 heterocycles. The van der Waals surface area contributed by atoms with E-state index in [2.05, 4.69) is 42.4 Å². The molecule has 1 aliphatic rings. The summed E-state index contributed by atoms with van der Waals surface area (Å²) >= 11 is 0. The van der Waals surface area contributed by atoms with Gasteiger partial charge >= 0.3 is 0 Å². The summed E-state index contributed by atoms with van der Waals surface area (Å²) in [5.74, 6) is 0.546. The van der Waals surface area contributed by atoms with E-state index in [9.17, 15) is 4.79 Å². The number of piperazine rings is 1. The predicted molar refractivity (Wildman–Crippen MR) is 89.4 cm³/mol. The van der Waals surface area contributed by atoms with Crippen molar-refractivity contribution >= 4 is 5.91 Å². The van der Waals surface area contributed by atoms with Crippen LogP contribution >= 0.6 is 0 Å². The number of nitrogens with zero attached hydrogens (tertiary/aromatic N) is 3. The molecule has 0 spiro atoms. The third kappa shape index (κ3) is 3.95. The Balaban J connectivity index is 2.05. The second kappa shape index (κ2) is 7.54. The topological polar surface area (TPSA) is 36.4 Å². The van der Waals surface area contributed by atoms with Gasteiger partial charge in [-0.05, 0) is 30.5 Å². The number of carbonyl (C=O) groups is 1. The maximum Gasteiger partial charge on any atom is 0.246 e. The molecule has 0 radical (unpaired) electrons. The first-order valence-electron chi connectivity index (χ1n) is 8.12. The van der Waals surface area contributed by atoms with Crippen LogP contribution in [-0.4, -0.2) is 46.4 Å². The lowest BCUT2D eigenvalue weighted by Gasteiger charge is -2.43. The molecule has 1 aromatic rings. The Labute approximate surface area is 133 Å². The zero-order valence-corrected chi connectivity index (χ0v) is 14.0. The van der Waals surface area contributed by atoms with Gasteiger partial charge in [0, 0.05) is 44.1 Å². The molecule has 0 aliphatic carbocycles. The van der Waals surface area contributed by atoms with Crippen molar-refractivity contribution in [2.75, 3.05) is 19.6 Å². The first-order chi connectivity index (χ1) is 10.5. The van der Waals surface area contributed by atoms with Crippen LogP contribution in [0.3, 0.4) is 0 Å². The number of rotatable bonds is 5. The van der Waals surface area contributed by atoms with Crippen LogP contribution in [-0.2, 0) is 11.3 Å². The third-order valence-electron chi connectivity index (χ3n) is 4.64. The summed E-state index contributed by atoms with van der Waals surface area (Å²) in [5.41, 5.74) is 2.28. The van der Waals surface area contributed by atoms with Crippen LogP contribution in [0.4, 0.5) is 0 Å². The molecule has 0 bridgehead atoms.